The van der Waals surface area contributed by atoms with E-state index >= 15 is 0 Å². The van der Waals surface area contributed by atoms with Gasteiger partial charge >= 0.3 is 0 Å². The topological polar surface area (TPSA) is 106 Å². The fourth-order valence-corrected chi connectivity index (χ4v) is 2.68. The van der Waals surface area contributed by atoms with Crippen molar-refractivity contribution in [2.75, 3.05) is 7.05 Å². The normalized spacial score (nSPS) is 11.8. The van der Waals surface area contributed by atoms with Crippen LogP contribution in [-0.4, -0.2) is 23.7 Å². The Morgan fingerprint density at radius 2 is 2.00 bits per heavy atom. The van der Waals surface area contributed by atoms with Crippen molar-refractivity contribution >= 4 is 23.2 Å². The number of carbonyl (C=O) groups is 1. The minimum absolute atomic E-state index is 0.0871. The Morgan fingerprint density at radius 1 is 1.28 bits per heavy atom. The molecule has 0 saturated carbocycles. The van der Waals surface area contributed by atoms with Crippen LogP contribution in [0.4, 0.5) is 0 Å². The molecule has 0 aliphatic heterocycles. The van der Waals surface area contributed by atoms with Crippen LogP contribution in [0.25, 0.3) is 0 Å². The van der Waals surface area contributed by atoms with E-state index in [9.17, 15) is 4.79 Å². The lowest BCUT2D eigenvalue weighted by molar-refractivity contribution is 0.0963. The fraction of sp³-hybridized carbons (Fsp3) is 0.136. The predicted octanol–water partition coefficient (Wildman–Crippen LogP) is 2.91. The van der Waals surface area contributed by atoms with E-state index in [1.807, 2.05) is 19.1 Å². The van der Waals surface area contributed by atoms with Crippen LogP contribution in [0.3, 0.4) is 0 Å². The van der Waals surface area contributed by atoms with Gasteiger partial charge in [-0.1, -0.05) is 36.1 Å². The van der Waals surface area contributed by atoms with Gasteiger partial charge in [-0.2, -0.15) is 0 Å². The summed E-state index contributed by atoms with van der Waals surface area (Å²) in [5, 5.41) is 2.81. The highest BCUT2D eigenvalue weighted by molar-refractivity contribution is 6.34. The van der Waals surface area contributed by atoms with Crippen molar-refractivity contribution < 1.29 is 4.79 Å². The maximum absolute atomic E-state index is 11.9. The summed E-state index contributed by atoms with van der Waals surface area (Å²) in [6.07, 6.45) is 1.68. The minimum Gasteiger partial charge on any atom is -0.401 e. The SMILES string of the molecule is C=C(N)/N=C(\C(C#Cc1ccc(C)nc1)=C(\C)N)c1ccc(C(=O)NC)c(Cl)c1. The highest BCUT2D eigenvalue weighted by Crippen LogP contribution is 2.21. The third-order valence-electron chi connectivity index (χ3n) is 3.84. The summed E-state index contributed by atoms with van der Waals surface area (Å²) >= 11 is 6.29. The Balaban J connectivity index is 2.57. The standard InChI is InChI=1S/C22H22ClN5O/c1-13-5-6-16(12-27-13)7-9-18(14(2)24)21(28-15(3)25)17-8-10-19(20(23)11-17)22(29)26-4/h5-6,8,10-12H,3,24-25H2,1-2,4H3,(H,26,29)/b18-14-,28-21-. The van der Waals surface area contributed by atoms with E-state index in [4.69, 9.17) is 23.1 Å². The number of halogens is 1. The molecule has 7 heteroatoms. The van der Waals surface area contributed by atoms with Crippen molar-refractivity contribution in [3.63, 3.8) is 0 Å². The van der Waals surface area contributed by atoms with Gasteiger partial charge in [-0.25, -0.2) is 4.99 Å². The first kappa shape index (κ1) is 21.7. The third-order valence-corrected chi connectivity index (χ3v) is 4.16. The van der Waals surface area contributed by atoms with E-state index in [-0.39, 0.29) is 16.8 Å². The Labute approximate surface area is 175 Å². The number of hydrogen-bond acceptors (Lipinski definition) is 5. The number of nitrogens with two attached hydrogens (primary N) is 2. The van der Waals surface area contributed by atoms with Crippen molar-refractivity contribution in [1.29, 1.82) is 0 Å². The average molecular weight is 408 g/mol. The number of hydrogen-bond donors (Lipinski definition) is 3. The Morgan fingerprint density at radius 3 is 2.52 bits per heavy atom. The van der Waals surface area contributed by atoms with Gasteiger partial charge in [0.15, 0.2) is 0 Å². The molecule has 0 radical (unpaired) electrons. The molecule has 5 N–H and O–H groups in total. The van der Waals surface area contributed by atoms with E-state index in [0.29, 0.717) is 28.1 Å². The minimum atomic E-state index is -0.291. The fourth-order valence-electron chi connectivity index (χ4n) is 2.41. The zero-order valence-electron chi connectivity index (χ0n) is 16.5. The van der Waals surface area contributed by atoms with Crippen molar-refractivity contribution in [3.8, 4) is 11.8 Å². The maximum atomic E-state index is 11.9. The average Bonchev–Trinajstić information content (AvgIpc) is 2.67. The lowest BCUT2D eigenvalue weighted by Crippen LogP contribution is -2.19. The van der Waals surface area contributed by atoms with Crippen molar-refractivity contribution in [1.82, 2.24) is 10.3 Å². The number of pyridine rings is 1. The highest BCUT2D eigenvalue weighted by Gasteiger charge is 2.15. The van der Waals surface area contributed by atoms with Gasteiger partial charge in [-0.15, -0.1) is 0 Å². The van der Waals surface area contributed by atoms with E-state index in [0.717, 1.165) is 11.3 Å². The van der Waals surface area contributed by atoms with Crippen molar-refractivity contribution in [2.45, 2.75) is 13.8 Å². The molecule has 0 aliphatic rings. The summed E-state index contributed by atoms with van der Waals surface area (Å²) in [6, 6.07) is 8.66. The number of nitrogens with zero attached hydrogens (tertiary/aromatic N) is 2. The summed E-state index contributed by atoms with van der Waals surface area (Å²) < 4.78 is 0. The van der Waals surface area contributed by atoms with Gasteiger partial charge in [-0.05, 0) is 38.1 Å². The van der Waals surface area contributed by atoms with Crippen LogP contribution in [0.15, 0.2) is 65.2 Å². The Bertz CT molecular complexity index is 1070. The monoisotopic (exact) mass is 407 g/mol. The number of benzene rings is 1. The summed E-state index contributed by atoms with van der Waals surface area (Å²) in [5.74, 6) is 5.87. The molecule has 2 rings (SSSR count). The summed E-state index contributed by atoms with van der Waals surface area (Å²) in [5.41, 5.74) is 15.7. The second kappa shape index (κ2) is 9.58. The molecule has 0 saturated heterocycles. The molecular formula is C22H22ClN5O. The van der Waals surface area contributed by atoms with Crippen LogP contribution in [0.2, 0.25) is 5.02 Å². The molecule has 0 spiro atoms. The summed E-state index contributed by atoms with van der Waals surface area (Å²) in [6.45, 7) is 7.26. The first-order valence-corrected chi connectivity index (χ1v) is 9.07. The smallest absolute Gasteiger partial charge is 0.252 e. The lowest BCUT2D eigenvalue weighted by Gasteiger charge is -2.11. The number of rotatable bonds is 4. The number of nitrogens with one attached hydrogen (secondary N) is 1. The molecule has 148 valence electrons. The number of aryl methyl sites for hydroxylation is 1. The van der Waals surface area contributed by atoms with Gasteiger partial charge in [0.1, 0.15) is 5.82 Å². The molecule has 1 amide bonds. The van der Waals surface area contributed by atoms with Crippen molar-refractivity contribution in [3.05, 3.63) is 87.6 Å². The van der Waals surface area contributed by atoms with Crippen LogP contribution in [-0.2, 0) is 0 Å². The highest BCUT2D eigenvalue weighted by atomic mass is 35.5. The zero-order chi connectivity index (χ0) is 21.6. The predicted molar refractivity (Wildman–Crippen MR) is 117 cm³/mol. The lowest BCUT2D eigenvalue weighted by atomic mass is 9.99. The van der Waals surface area contributed by atoms with Gasteiger partial charge < -0.3 is 16.8 Å². The van der Waals surface area contributed by atoms with Crippen LogP contribution in [0, 0.1) is 18.8 Å². The van der Waals surface area contributed by atoms with E-state index < -0.39 is 0 Å². The molecule has 1 heterocycles. The number of aromatic nitrogens is 1. The molecule has 0 atom stereocenters. The largest absolute Gasteiger partial charge is 0.401 e. The Hall–Kier alpha value is -3.56. The maximum Gasteiger partial charge on any atom is 0.252 e. The van der Waals surface area contributed by atoms with Crippen LogP contribution in [0.5, 0.6) is 0 Å². The molecule has 2 aromatic rings. The third kappa shape index (κ3) is 5.71. The second-order valence-corrected chi connectivity index (χ2v) is 6.63. The van der Waals surface area contributed by atoms with E-state index in [1.165, 1.54) is 7.05 Å². The molecule has 0 fully saturated rings. The first-order chi connectivity index (χ1) is 13.7. The van der Waals surface area contributed by atoms with Gasteiger partial charge in [0, 0.05) is 35.8 Å². The molecule has 1 aromatic heterocycles. The molecule has 0 unspecified atom stereocenters. The molecule has 0 bridgehead atoms. The first-order valence-electron chi connectivity index (χ1n) is 8.69. The molecule has 6 nitrogen and oxygen atoms in total. The quantitative estimate of drug-likeness (QED) is 0.535. The van der Waals surface area contributed by atoms with Crippen LogP contribution < -0.4 is 16.8 Å². The molecule has 29 heavy (non-hydrogen) atoms. The van der Waals surface area contributed by atoms with Gasteiger partial charge in [-0.3, -0.25) is 9.78 Å². The molecular weight excluding hydrogens is 386 g/mol. The van der Waals surface area contributed by atoms with Gasteiger partial charge in [0.05, 0.1) is 21.9 Å². The summed E-state index contributed by atoms with van der Waals surface area (Å²) in [4.78, 5) is 20.4. The second-order valence-electron chi connectivity index (χ2n) is 6.22. The van der Waals surface area contributed by atoms with Gasteiger partial charge in [0.25, 0.3) is 5.91 Å². The number of carbonyl (C=O) groups excluding carboxylic acids is 1. The van der Waals surface area contributed by atoms with E-state index in [2.05, 4.69) is 33.7 Å². The number of allylic oxidation sites excluding steroid dienone is 2. The molecule has 0 aliphatic carbocycles. The zero-order valence-corrected chi connectivity index (χ0v) is 17.3. The Kier molecular flexibility index (Phi) is 7.18. The molecule has 1 aromatic carbocycles. The van der Waals surface area contributed by atoms with Crippen molar-refractivity contribution in [2.24, 2.45) is 16.5 Å². The number of aliphatic imine (C=N–C) groups is 1. The summed E-state index contributed by atoms with van der Waals surface area (Å²) in [7, 11) is 1.53. The van der Waals surface area contributed by atoms with Crippen LogP contribution in [0.1, 0.15) is 34.1 Å². The van der Waals surface area contributed by atoms with E-state index in [1.54, 1.807) is 31.3 Å². The van der Waals surface area contributed by atoms with Gasteiger partial charge in [0.2, 0.25) is 0 Å². The van der Waals surface area contributed by atoms with Crippen LogP contribution >= 0.6 is 11.6 Å². The number of amides is 1.